The van der Waals surface area contributed by atoms with Gasteiger partial charge in [0.15, 0.2) is 0 Å². The highest BCUT2D eigenvalue weighted by molar-refractivity contribution is 7.89. The van der Waals surface area contributed by atoms with E-state index in [-0.39, 0.29) is 4.90 Å². The first-order chi connectivity index (χ1) is 10.5. The van der Waals surface area contributed by atoms with Crippen molar-refractivity contribution in [3.63, 3.8) is 0 Å². The summed E-state index contributed by atoms with van der Waals surface area (Å²) in [6, 6.07) is 15.1. The van der Waals surface area contributed by atoms with E-state index >= 15 is 0 Å². The molecular weight excluding hydrogens is 298 g/mol. The number of nitrogens with one attached hydrogen (secondary N) is 1. The van der Waals surface area contributed by atoms with Crippen molar-refractivity contribution in [2.75, 3.05) is 13.7 Å². The minimum atomic E-state index is -3.55. The molecule has 0 aliphatic heterocycles. The monoisotopic (exact) mass is 319 g/mol. The molecule has 0 atom stereocenters. The molecule has 0 amide bonds. The molecule has 2 rings (SSSR count). The minimum Gasteiger partial charge on any atom is -0.495 e. The SMILES string of the molecule is COc1ccc(C)cc1S(=O)(=O)NCCCc1ccccc1. The summed E-state index contributed by atoms with van der Waals surface area (Å²) in [4.78, 5) is 0.190. The van der Waals surface area contributed by atoms with E-state index in [9.17, 15) is 8.42 Å². The normalized spacial score (nSPS) is 11.4. The van der Waals surface area contributed by atoms with Crippen LogP contribution in [0.5, 0.6) is 5.75 Å². The Balaban J connectivity index is 1.98. The maximum atomic E-state index is 12.4. The van der Waals surface area contributed by atoms with Crippen molar-refractivity contribution < 1.29 is 13.2 Å². The number of methoxy groups -OCH3 is 1. The molecule has 0 saturated heterocycles. The zero-order valence-electron chi connectivity index (χ0n) is 12.9. The predicted octanol–water partition coefficient (Wildman–Crippen LogP) is 2.91. The van der Waals surface area contributed by atoms with Crippen LogP contribution >= 0.6 is 0 Å². The van der Waals surface area contributed by atoms with Gasteiger partial charge in [-0.05, 0) is 43.0 Å². The van der Waals surface area contributed by atoms with Crippen LogP contribution in [0, 0.1) is 6.92 Å². The van der Waals surface area contributed by atoms with E-state index in [1.54, 1.807) is 12.1 Å². The van der Waals surface area contributed by atoms with Gasteiger partial charge in [-0.1, -0.05) is 36.4 Å². The first-order valence-corrected chi connectivity index (χ1v) is 8.69. The lowest BCUT2D eigenvalue weighted by molar-refractivity contribution is 0.402. The fourth-order valence-electron chi connectivity index (χ4n) is 2.22. The van der Waals surface area contributed by atoms with Crippen LogP contribution in [0.15, 0.2) is 53.4 Å². The molecule has 0 spiro atoms. The molecule has 0 aromatic heterocycles. The smallest absolute Gasteiger partial charge is 0.244 e. The van der Waals surface area contributed by atoms with Crippen LogP contribution in [0.2, 0.25) is 0 Å². The van der Waals surface area contributed by atoms with Crippen molar-refractivity contribution in [2.24, 2.45) is 0 Å². The number of hydrogen-bond donors (Lipinski definition) is 1. The van der Waals surface area contributed by atoms with Crippen LogP contribution < -0.4 is 9.46 Å². The van der Waals surface area contributed by atoms with Crippen molar-refractivity contribution >= 4 is 10.0 Å². The zero-order valence-corrected chi connectivity index (χ0v) is 13.7. The zero-order chi connectivity index (χ0) is 16.0. The van der Waals surface area contributed by atoms with Gasteiger partial charge >= 0.3 is 0 Å². The molecule has 0 aliphatic carbocycles. The van der Waals surface area contributed by atoms with E-state index in [2.05, 4.69) is 4.72 Å². The number of benzene rings is 2. The number of sulfonamides is 1. The first kappa shape index (κ1) is 16.5. The first-order valence-electron chi connectivity index (χ1n) is 7.21. The summed E-state index contributed by atoms with van der Waals surface area (Å²) in [5.41, 5.74) is 2.08. The van der Waals surface area contributed by atoms with Crippen molar-refractivity contribution in [1.82, 2.24) is 4.72 Å². The lowest BCUT2D eigenvalue weighted by atomic mass is 10.1. The summed E-state index contributed by atoms with van der Waals surface area (Å²) in [5, 5.41) is 0. The number of ether oxygens (including phenoxy) is 1. The summed E-state index contributed by atoms with van der Waals surface area (Å²) in [5.74, 6) is 0.362. The summed E-state index contributed by atoms with van der Waals surface area (Å²) in [6.45, 7) is 2.25. The van der Waals surface area contributed by atoms with Crippen LogP contribution in [0.25, 0.3) is 0 Å². The van der Waals surface area contributed by atoms with Gasteiger partial charge in [-0.25, -0.2) is 13.1 Å². The van der Waals surface area contributed by atoms with Crippen molar-refractivity contribution in [2.45, 2.75) is 24.7 Å². The standard InChI is InChI=1S/C17H21NO3S/c1-14-10-11-16(21-2)17(13-14)22(19,20)18-12-6-9-15-7-4-3-5-8-15/h3-5,7-8,10-11,13,18H,6,9,12H2,1-2H3. The molecule has 2 aromatic carbocycles. The van der Waals surface area contributed by atoms with Gasteiger partial charge in [0.05, 0.1) is 7.11 Å². The Morgan fingerprint density at radius 3 is 2.50 bits per heavy atom. The molecule has 118 valence electrons. The van der Waals surface area contributed by atoms with E-state index in [0.29, 0.717) is 12.3 Å². The van der Waals surface area contributed by atoms with E-state index < -0.39 is 10.0 Å². The molecule has 2 aromatic rings. The highest BCUT2D eigenvalue weighted by Gasteiger charge is 2.18. The van der Waals surface area contributed by atoms with Gasteiger partial charge < -0.3 is 4.74 Å². The predicted molar refractivity (Wildman–Crippen MR) is 87.7 cm³/mol. The van der Waals surface area contributed by atoms with Crippen LogP contribution in [0.1, 0.15) is 17.5 Å². The minimum absolute atomic E-state index is 0.190. The molecule has 0 aliphatic rings. The molecule has 0 saturated carbocycles. The summed E-state index contributed by atoms with van der Waals surface area (Å²) in [7, 11) is -2.08. The topological polar surface area (TPSA) is 55.4 Å². The van der Waals surface area contributed by atoms with E-state index in [1.807, 2.05) is 43.3 Å². The lowest BCUT2D eigenvalue weighted by Gasteiger charge is -2.11. The van der Waals surface area contributed by atoms with Crippen molar-refractivity contribution in [1.29, 1.82) is 0 Å². The van der Waals surface area contributed by atoms with E-state index in [1.165, 1.54) is 12.7 Å². The average molecular weight is 319 g/mol. The highest BCUT2D eigenvalue weighted by Crippen LogP contribution is 2.24. The molecule has 1 N–H and O–H groups in total. The second-order valence-corrected chi connectivity index (χ2v) is 6.88. The van der Waals surface area contributed by atoms with E-state index in [4.69, 9.17) is 4.74 Å². The Morgan fingerprint density at radius 2 is 1.82 bits per heavy atom. The summed E-state index contributed by atoms with van der Waals surface area (Å²) < 4.78 is 32.6. The largest absolute Gasteiger partial charge is 0.495 e. The molecule has 5 heteroatoms. The Morgan fingerprint density at radius 1 is 1.09 bits per heavy atom. The number of aryl methyl sites for hydroxylation is 2. The maximum absolute atomic E-state index is 12.4. The average Bonchev–Trinajstić information content (AvgIpc) is 2.52. The van der Waals surface area contributed by atoms with Crippen LogP contribution in [-0.2, 0) is 16.4 Å². The van der Waals surface area contributed by atoms with Crippen LogP contribution in [-0.4, -0.2) is 22.1 Å². The number of hydrogen-bond acceptors (Lipinski definition) is 3. The van der Waals surface area contributed by atoms with Gasteiger partial charge in [-0.3, -0.25) is 0 Å². The highest BCUT2D eigenvalue weighted by atomic mass is 32.2. The fourth-order valence-corrected chi connectivity index (χ4v) is 3.54. The molecule has 0 bridgehead atoms. The second-order valence-electron chi connectivity index (χ2n) is 5.14. The lowest BCUT2D eigenvalue weighted by Crippen LogP contribution is -2.25. The van der Waals surface area contributed by atoms with Gasteiger partial charge in [-0.2, -0.15) is 0 Å². The molecule has 0 radical (unpaired) electrons. The van der Waals surface area contributed by atoms with Gasteiger partial charge in [0.2, 0.25) is 10.0 Å². The third kappa shape index (κ3) is 4.32. The van der Waals surface area contributed by atoms with Crippen LogP contribution in [0.3, 0.4) is 0 Å². The van der Waals surface area contributed by atoms with Crippen molar-refractivity contribution in [3.8, 4) is 5.75 Å². The molecular formula is C17H21NO3S. The second kappa shape index (κ2) is 7.42. The van der Waals surface area contributed by atoms with Crippen LogP contribution in [0.4, 0.5) is 0 Å². The van der Waals surface area contributed by atoms with Crippen molar-refractivity contribution in [3.05, 3.63) is 59.7 Å². The molecule has 22 heavy (non-hydrogen) atoms. The Hall–Kier alpha value is -1.85. The van der Waals surface area contributed by atoms with Gasteiger partial charge in [0.1, 0.15) is 10.6 Å². The molecule has 0 unspecified atom stereocenters. The third-order valence-electron chi connectivity index (χ3n) is 3.39. The molecule has 0 fully saturated rings. The fraction of sp³-hybridized carbons (Fsp3) is 0.294. The van der Waals surface area contributed by atoms with Gasteiger partial charge in [-0.15, -0.1) is 0 Å². The Bertz CT molecular complexity index is 712. The quantitative estimate of drug-likeness (QED) is 0.798. The number of rotatable bonds is 7. The summed E-state index contributed by atoms with van der Waals surface area (Å²) >= 11 is 0. The third-order valence-corrected chi connectivity index (χ3v) is 4.87. The van der Waals surface area contributed by atoms with Gasteiger partial charge in [0.25, 0.3) is 0 Å². The molecule has 4 nitrogen and oxygen atoms in total. The Kier molecular flexibility index (Phi) is 5.57. The summed E-state index contributed by atoms with van der Waals surface area (Å²) in [6.07, 6.45) is 1.59. The van der Waals surface area contributed by atoms with Gasteiger partial charge in [0, 0.05) is 6.54 Å². The maximum Gasteiger partial charge on any atom is 0.244 e. The Labute approximate surface area is 132 Å². The van der Waals surface area contributed by atoms with E-state index in [0.717, 1.165) is 18.4 Å². The molecule has 0 heterocycles.